The van der Waals surface area contributed by atoms with Crippen LogP contribution in [0.5, 0.6) is 0 Å². The van der Waals surface area contributed by atoms with E-state index in [1.807, 2.05) is 0 Å². The van der Waals surface area contributed by atoms with E-state index in [2.05, 4.69) is 5.32 Å². The predicted molar refractivity (Wildman–Crippen MR) is 121 cm³/mol. The number of rotatable bonds is 11. The van der Waals surface area contributed by atoms with E-state index in [9.17, 15) is 24.3 Å². The Labute approximate surface area is 201 Å². The number of aliphatic hydroxyl groups excluding tert-OH is 1. The van der Waals surface area contributed by atoms with Crippen LogP contribution in [0.4, 0.5) is 0 Å². The Morgan fingerprint density at radius 2 is 1.91 bits per heavy atom. The van der Waals surface area contributed by atoms with E-state index in [1.54, 1.807) is 6.08 Å². The molecule has 188 valence electrons. The molecule has 1 unspecified atom stereocenters. The normalized spacial score (nSPS) is 23.6. The van der Waals surface area contributed by atoms with Crippen LogP contribution < -0.4 is 5.32 Å². The van der Waals surface area contributed by atoms with Gasteiger partial charge in [-0.3, -0.25) is 15.0 Å². The molecule has 1 amide bonds. The van der Waals surface area contributed by atoms with Crippen LogP contribution in [0.1, 0.15) is 52.8 Å². The predicted octanol–water partition coefficient (Wildman–Crippen LogP) is 1.44. The summed E-state index contributed by atoms with van der Waals surface area (Å²) in [6.07, 6.45) is 2.47. The number of carboxylic acids is 1. The minimum absolute atomic E-state index is 0.00958. The smallest absolute Gasteiger partial charge is 0.339 e. The molecule has 11 nitrogen and oxygen atoms in total. The number of ether oxygens (including phenoxy) is 3. The van der Waals surface area contributed by atoms with Gasteiger partial charge in [0.25, 0.3) is 0 Å². The minimum atomic E-state index is -1.26. The molecule has 1 saturated heterocycles. The fraction of sp³-hybridized carbons (Fsp3) is 0.458. The van der Waals surface area contributed by atoms with Gasteiger partial charge in [-0.2, -0.15) is 0 Å². The summed E-state index contributed by atoms with van der Waals surface area (Å²) < 4.78 is 16.8. The van der Waals surface area contributed by atoms with Crippen molar-refractivity contribution in [3.8, 4) is 0 Å². The highest BCUT2D eigenvalue weighted by molar-refractivity contribution is 6.06. The van der Waals surface area contributed by atoms with Gasteiger partial charge >= 0.3 is 17.9 Å². The first-order chi connectivity index (χ1) is 16.8. The lowest BCUT2D eigenvalue weighted by atomic mass is 9.95. The number of nitrogens with one attached hydrogen (secondary N) is 2. The van der Waals surface area contributed by atoms with Gasteiger partial charge in [0.1, 0.15) is 18.5 Å². The van der Waals surface area contributed by atoms with Crippen LogP contribution >= 0.6 is 0 Å². The molecule has 4 N–H and O–H groups in total. The van der Waals surface area contributed by atoms with Gasteiger partial charge in [0, 0.05) is 19.4 Å². The van der Waals surface area contributed by atoms with Crippen LogP contribution in [0, 0.1) is 11.3 Å². The van der Waals surface area contributed by atoms with Gasteiger partial charge in [-0.15, -0.1) is 0 Å². The summed E-state index contributed by atoms with van der Waals surface area (Å²) in [5, 5.41) is 28.1. The summed E-state index contributed by atoms with van der Waals surface area (Å²) >= 11 is 0. The van der Waals surface area contributed by atoms with Gasteiger partial charge < -0.3 is 29.7 Å². The molecule has 2 aliphatic heterocycles. The van der Waals surface area contributed by atoms with Gasteiger partial charge in [-0.05, 0) is 37.5 Å². The number of amidine groups is 1. The third-order valence-electron chi connectivity index (χ3n) is 5.73. The van der Waals surface area contributed by atoms with E-state index < -0.39 is 42.1 Å². The zero-order valence-electron chi connectivity index (χ0n) is 19.0. The van der Waals surface area contributed by atoms with Crippen molar-refractivity contribution in [3.63, 3.8) is 0 Å². The van der Waals surface area contributed by atoms with Gasteiger partial charge in [-0.1, -0.05) is 18.2 Å². The maximum Gasteiger partial charge on any atom is 0.339 e. The molecule has 0 bridgehead atoms. The molecule has 4 atom stereocenters. The summed E-state index contributed by atoms with van der Waals surface area (Å²) in [5.41, 5.74) is -0.278. The zero-order valence-corrected chi connectivity index (χ0v) is 19.0. The maximum absolute atomic E-state index is 12.8. The van der Waals surface area contributed by atoms with Gasteiger partial charge in [0.05, 0.1) is 29.3 Å². The minimum Gasteiger partial charge on any atom is -0.478 e. The van der Waals surface area contributed by atoms with Crippen molar-refractivity contribution < 1.29 is 43.6 Å². The molecule has 0 spiro atoms. The molecule has 2 aliphatic rings. The number of hydrogen-bond donors (Lipinski definition) is 4. The number of carboxylic acid groups (broad SMARTS) is 1. The first-order valence-corrected chi connectivity index (χ1v) is 11.3. The molecule has 11 heteroatoms. The number of amides is 1. The number of aliphatic hydroxyl groups is 1. The molecular formula is C24H28N2O9. The molecular weight excluding hydrogens is 460 g/mol. The number of carbonyl (C=O) groups is 4. The first kappa shape index (κ1) is 26.0. The standard InChI is InChI=1S/C24H28N2O9/c25-20-10-8-14(22(29)26-20)7-9-18-19(12-15(34-18)13-33-21(28)6-3-11-27)35-24(32)17-5-2-1-4-16(17)23(30)31/h1-2,4-5,8,10,14-15,18-19,27H,3,6-7,9,11-13H2,(H,30,31)(H2,25,26,29)/t14?,15-,18-,19+/m0/s1. The highest BCUT2D eigenvalue weighted by Crippen LogP contribution is 2.30. The van der Waals surface area contributed by atoms with Gasteiger partial charge in [0.15, 0.2) is 0 Å². The molecule has 0 saturated carbocycles. The van der Waals surface area contributed by atoms with Crippen LogP contribution in [0.25, 0.3) is 0 Å². The van der Waals surface area contributed by atoms with Gasteiger partial charge in [0.2, 0.25) is 5.91 Å². The summed E-state index contributed by atoms with van der Waals surface area (Å²) in [5.74, 6) is -3.34. The van der Waals surface area contributed by atoms with Crippen molar-refractivity contribution in [1.82, 2.24) is 5.32 Å². The lowest BCUT2D eigenvalue weighted by molar-refractivity contribution is -0.148. The fourth-order valence-electron chi connectivity index (χ4n) is 3.95. The Morgan fingerprint density at radius 3 is 2.60 bits per heavy atom. The number of esters is 2. The number of benzene rings is 1. The third-order valence-corrected chi connectivity index (χ3v) is 5.73. The van der Waals surface area contributed by atoms with Crippen LogP contribution in [-0.4, -0.2) is 71.4 Å². The Morgan fingerprint density at radius 1 is 1.17 bits per heavy atom. The molecule has 0 radical (unpaired) electrons. The summed E-state index contributed by atoms with van der Waals surface area (Å²) in [6, 6.07) is 5.71. The lowest BCUT2D eigenvalue weighted by Gasteiger charge is -2.22. The van der Waals surface area contributed by atoms with Crippen molar-refractivity contribution >= 4 is 29.7 Å². The second-order valence-corrected chi connectivity index (χ2v) is 8.28. The Balaban J connectivity index is 1.67. The fourth-order valence-corrected chi connectivity index (χ4v) is 3.95. The van der Waals surface area contributed by atoms with Crippen molar-refractivity contribution in [2.45, 2.75) is 50.4 Å². The van der Waals surface area contributed by atoms with Gasteiger partial charge in [-0.25, -0.2) is 9.59 Å². The molecule has 0 aliphatic carbocycles. The van der Waals surface area contributed by atoms with E-state index in [0.717, 1.165) is 0 Å². The van der Waals surface area contributed by atoms with E-state index in [1.165, 1.54) is 30.3 Å². The van der Waals surface area contributed by atoms with E-state index >= 15 is 0 Å². The average molecular weight is 488 g/mol. The monoisotopic (exact) mass is 488 g/mol. The number of aromatic carboxylic acids is 1. The Kier molecular flexibility index (Phi) is 9.10. The summed E-state index contributed by atoms with van der Waals surface area (Å²) in [6.45, 7) is -0.197. The molecule has 3 rings (SSSR count). The SMILES string of the molecule is N=C1C=CC(CC[C@@H]2O[C@H](COC(=O)CCCO)C[C@H]2OC(=O)c2ccccc2C(=O)O)C(=O)N1. The van der Waals surface area contributed by atoms with Crippen molar-refractivity contribution in [2.24, 2.45) is 5.92 Å². The second-order valence-electron chi connectivity index (χ2n) is 8.28. The molecule has 35 heavy (non-hydrogen) atoms. The molecule has 1 aromatic carbocycles. The lowest BCUT2D eigenvalue weighted by Crippen LogP contribution is -2.38. The van der Waals surface area contributed by atoms with E-state index in [-0.39, 0.29) is 55.3 Å². The third kappa shape index (κ3) is 7.20. The topological polar surface area (TPSA) is 172 Å². The average Bonchev–Trinajstić information content (AvgIpc) is 3.22. The van der Waals surface area contributed by atoms with Crippen LogP contribution in [0.2, 0.25) is 0 Å². The highest BCUT2D eigenvalue weighted by atomic mass is 16.6. The molecule has 1 fully saturated rings. The Bertz CT molecular complexity index is 1010. The number of carbonyl (C=O) groups excluding carboxylic acids is 3. The van der Waals surface area contributed by atoms with Crippen LogP contribution in [-0.2, 0) is 23.8 Å². The van der Waals surface area contributed by atoms with E-state index in [0.29, 0.717) is 12.8 Å². The largest absolute Gasteiger partial charge is 0.478 e. The first-order valence-electron chi connectivity index (χ1n) is 11.3. The summed E-state index contributed by atoms with van der Waals surface area (Å²) in [4.78, 5) is 48.2. The summed E-state index contributed by atoms with van der Waals surface area (Å²) in [7, 11) is 0. The molecule has 0 aromatic heterocycles. The van der Waals surface area contributed by atoms with E-state index in [4.69, 9.17) is 24.7 Å². The Hall–Kier alpha value is -3.57. The zero-order chi connectivity index (χ0) is 25.4. The number of hydrogen-bond acceptors (Lipinski definition) is 9. The highest BCUT2D eigenvalue weighted by Gasteiger charge is 2.39. The van der Waals surface area contributed by atoms with Crippen LogP contribution in [0.15, 0.2) is 36.4 Å². The molecule has 1 aromatic rings. The maximum atomic E-state index is 12.8. The van der Waals surface area contributed by atoms with Crippen molar-refractivity contribution in [2.75, 3.05) is 13.2 Å². The molecule has 2 heterocycles. The van der Waals surface area contributed by atoms with Crippen LogP contribution in [0.3, 0.4) is 0 Å². The quantitative estimate of drug-likeness (QED) is 0.336. The van der Waals surface area contributed by atoms with Crippen molar-refractivity contribution in [3.05, 3.63) is 47.5 Å². The van der Waals surface area contributed by atoms with Crippen molar-refractivity contribution in [1.29, 1.82) is 5.41 Å². The second kappa shape index (κ2) is 12.2.